The molecule has 0 unspecified atom stereocenters. The van der Waals surface area contributed by atoms with Crippen LogP contribution >= 0.6 is 0 Å². The quantitative estimate of drug-likeness (QED) is 0.783. The van der Waals surface area contributed by atoms with E-state index in [-0.39, 0.29) is 6.20 Å². The molecule has 1 N–H and O–H groups in total. The summed E-state index contributed by atoms with van der Waals surface area (Å²) in [6.07, 6.45) is -6.23. The molecule has 0 aliphatic rings. The molecule has 0 heterocycles. The van der Waals surface area contributed by atoms with Crippen LogP contribution in [-0.2, 0) is 10.0 Å². The molecule has 0 atom stereocenters. The summed E-state index contributed by atoms with van der Waals surface area (Å²) in [5.74, 6) is -14.5. The molecule has 0 aliphatic heterocycles. The molecule has 3 nitrogen and oxygen atoms in total. The molecule has 0 radical (unpaired) electrons. The predicted octanol–water partition coefficient (Wildman–Crippen LogP) is 2.87. The number of hydrogen-bond donors (Lipinski definition) is 1. The van der Waals surface area contributed by atoms with Crippen molar-refractivity contribution in [1.29, 1.82) is 0 Å². The summed E-state index contributed by atoms with van der Waals surface area (Å²) in [5, 5.41) is -6.71. The summed E-state index contributed by atoms with van der Waals surface area (Å²) < 4.78 is 133. The second kappa shape index (κ2) is 5.00. The van der Waals surface area contributed by atoms with Crippen LogP contribution in [0.3, 0.4) is 0 Å². The fourth-order valence-electron chi connectivity index (χ4n) is 0.761. The average Bonchev–Trinajstić information content (AvgIpc) is 2.24. The van der Waals surface area contributed by atoms with Gasteiger partial charge in [0.2, 0.25) is 0 Å². The number of rotatable bonds is 5. The third-order valence-electron chi connectivity index (χ3n) is 1.84. The highest BCUT2D eigenvalue weighted by atomic mass is 32.2. The van der Waals surface area contributed by atoms with Gasteiger partial charge in [0.25, 0.3) is 0 Å². The average molecular weight is 339 g/mol. The summed E-state index contributed by atoms with van der Waals surface area (Å²) in [6.45, 7) is 1.03. The number of alkyl halides is 9. The number of sulfonamides is 1. The first-order chi connectivity index (χ1) is 8.56. The van der Waals surface area contributed by atoms with Crippen molar-refractivity contribution in [2.75, 3.05) is 0 Å². The number of halogens is 9. The molecule has 0 fully saturated rings. The Hall–Kier alpha value is -1.14. The SMILES string of the molecule is C/C=C\NS(=O)(=O)C(F)(F)C(F)(F)C(F)(F)C(F)(F)F. The summed E-state index contributed by atoms with van der Waals surface area (Å²) in [6, 6.07) is 0. The third-order valence-corrected chi connectivity index (χ3v) is 3.22. The normalized spacial score (nSPS) is 15.7. The van der Waals surface area contributed by atoms with E-state index in [4.69, 9.17) is 0 Å². The van der Waals surface area contributed by atoms with Crippen LogP contribution in [0.4, 0.5) is 39.5 Å². The minimum atomic E-state index is -7.26. The van der Waals surface area contributed by atoms with Gasteiger partial charge < -0.3 is 0 Å². The molecule has 120 valence electrons. The molecule has 0 saturated heterocycles. The van der Waals surface area contributed by atoms with Crippen LogP contribution in [0.5, 0.6) is 0 Å². The summed E-state index contributed by atoms with van der Waals surface area (Å²) in [7, 11) is -6.52. The highest BCUT2D eigenvalue weighted by Gasteiger charge is 2.85. The molecule has 0 rings (SSSR count). The fraction of sp³-hybridized carbons (Fsp3) is 0.714. The maximum absolute atomic E-state index is 12.9. The second-order valence-electron chi connectivity index (χ2n) is 3.28. The molecule has 0 spiro atoms. The van der Waals surface area contributed by atoms with E-state index >= 15 is 0 Å². The zero-order valence-corrected chi connectivity index (χ0v) is 10.1. The van der Waals surface area contributed by atoms with Crippen molar-refractivity contribution in [2.24, 2.45) is 0 Å². The molecule has 0 aliphatic carbocycles. The lowest BCUT2D eigenvalue weighted by molar-refractivity contribution is -0.382. The van der Waals surface area contributed by atoms with E-state index in [0.717, 1.165) is 6.92 Å². The Labute approximate surface area is 106 Å². The Balaban J connectivity index is 5.94. The van der Waals surface area contributed by atoms with Gasteiger partial charge in [-0.05, 0) is 6.92 Å². The van der Waals surface area contributed by atoms with Gasteiger partial charge in [0.15, 0.2) is 0 Å². The molecule has 0 bridgehead atoms. The van der Waals surface area contributed by atoms with Crippen molar-refractivity contribution in [3.05, 3.63) is 12.3 Å². The van der Waals surface area contributed by atoms with Gasteiger partial charge in [0, 0.05) is 6.20 Å². The maximum Gasteiger partial charge on any atom is 0.460 e. The van der Waals surface area contributed by atoms with Crippen LogP contribution in [-0.4, -0.2) is 31.7 Å². The van der Waals surface area contributed by atoms with Gasteiger partial charge in [-0.1, -0.05) is 6.08 Å². The van der Waals surface area contributed by atoms with E-state index in [9.17, 15) is 47.9 Å². The minimum absolute atomic E-state index is 0.144. The highest BCUT2D eigenvalue weighted by molar-refractivity contribution is 7.90. The van der Waals surface area contributed by atoms with E-state index in [1.54, 1.807) is 0 Å². The standard InChI is InChI=1S/C7H6F9NO2S/c1-2-3-17-20(18,19)7(15,16)5(10,11)4(8,9)6(12,13)14/h2-3,17H,1H3/b3-2-. The van der Waals surface area contributed by atoms with Crippen molar-refractivity contribution in [3.63, 3.8) is 0 Å². The Kier molecular flexibility index (Phi) is 4.72. The van der Waals surface area contributed by atoms with Gasteiger partial charge in [-0.25, -0.2) is 0 Å². The largest absolute Gasteiger partial charge is 0.460 e. The topological polar surface area (TPSA) is 46.2 Å². The maximum atomic E-state index is 12.9. The number of nitrogens with one attached hydrogen (secondary N) is 1. The van der Waals surface area contributed by atoms with Crippen LogP contribution < -0.4 is 4.72 Å². The second-order valence-corrected chi connectivity index (χ2v) is 5.04. The molecule has 0 amide bonds. The van der Waals surface area contributed by atoms with Crippen molar-refractivity contribution in [3.8, 4) is 0 Å². The Morgan fingerprint density at radius 1 is 0.850 bits per heavy atom. The Morgan fingerprint density at radius 3 is 1.55 bits per heavy atom. The van der Waals surface area contributed by atoms with Crippen LogP contribution in [0.25, 0.3) is 0 Å². The van der Waals surface area contributed by atoms with Gasteiger partial charge >= 0.3 is 33.3 Å². The molecule has 0 aromatic carbocycles. The van der Waals surface area contributed by atoms with E-state index in [1.807, 2.05) is 0 Å². The monoisotopic (exact) mass is 339 g/mol. The molecule has 0 aromatic rings. The molecule has 13 heteroatoms. The minimum Gasteiger partial charge on any atom is -0.285 e. The van der Waals surface area contributed by atoms with Crippen LogP contribution in [0, 0.1) is 0 Å². The molecular weight excluding hydrogens is 333 g/mol. The molecule has 20 heavy (non-hydrogen) atoms. The Bertz CT molecular complexity index is 479. The highest BCUT2D eigenvalue weighted by Crippen LogP contribution is 2.54. The smallest absolute Gasteiger partial charge is 0.285 e. The van der Waals surface area contributed by atoms with Gasteiger partial charge in [-0.2, -0.15) is 47.9 Å². The molecular formula is C7H6F9NO2S. The van der Waals surface area contributed by atoms with Crippen LogP contribution in [0.15, 0.2) is 12.3 Å². The van der Waals surface area contributed by atoms with E-state index in [2.05, 4.69) is 0 Å². The van der Waals surface area contributed by atoms with E-state index in [0.29, 0.717) is 10.8 Å². The van der Waals surface area contributed by atoms with E-state index < -0.39 is 33.3 Å². The summed E-state index contributed by atoms with van der Waals surface area (Å²) >= 11 is 0. The van der Waals surface area contributed by atoms with Crippen LogP contribution in [0.2, 0.25) is 0 Å². The Morgan fingerprint density at radius 2 is 1.25 bits per heavy atom. The van der Waals surface area contributed by atoms with Gasteiger partial charge in [0.1, 0.15) is 0 Å². The lowest BCUT2D eigenvalue weighted by Gasteiger charge is -2.32. The first-order valence-corrected chi connectivity index (χ1v) is 5.87. The van der Waals surface area contributed by atoms with Crippen molar-refractivity contribution >= 4 is 10.0 Å². The number of hydrogen-bond acceptors (Lipinski definition) is 2. The summed E-state index contributed by atoms with van der Waals surface area (Å²) in [4.78, 5) is 0. The number of allylic oxidation sites excluding steroid dienone is 1. The third kappa shape index (κ3) is 2.67. The summed E-state index contributed by atoms with van der Waals surface area (Å²) in [5.41, 5.74) is 0. The predicted molar refractivity (Wildman–Crippen MR) is 47.8 cm³/mol. The molecule has 0 aromatic heterocycles. The zero-order valence-electron chi connectivity index (χ0n) is 9.28. The first-order valence-electron chi connectivity index (χ1n) is 4.39. The van der Waals surface area contributed by atoms with Crippen molar-refractivity contribution < 1.29 is 47.9 Å². The molecule has 0 saturated carbocycles. The first kappa shape index (κ1) is 18.9. The zero-order chi connectivity index (χ0) is 16.6. The van der Waals surface area contributed by atoms with E-state index in [1.165, 1.54) is 0 Å². The van der Waals surface area contributed by atoms with Gasteiger partial charge in [-0.15, -0.1) is 0 Å². The lowest BCUT2D eigenvalue weighted by atomic mass is 10.1. The van der Waals surface area contributed by atoms with Crippen molar-refractivity contribution in [2.45, 2.75) is 30.2 Å². The van der Waals surface area contributed by atoms with Crippen LogP contribution in [0.1, 0.15) is 6.92 Å². The van der Waals surface area contributed by atoms with Gasteiger partial charge in [-0.3, -0.25) is 4.72 Å². The fourth-order valence-corrected chi connectivity index (χ4v) is 1.69. The van der Waals surface area contributed by atoms with Gasteiger partial charge in [0.05, 0.1) is 0 Å². The van der Waals surface area contributed by atoms with Crippen molar-refractivity contribution in [1.82, 2.24) is 4.72 Å². The lowest BCUT2D eigenvalue weighted by Crippen LogP contribution is -2.64.